The van der Waals surface area contributed by atoms with E-state index in [4.69, 9.17) is 21.1 Å². The van der Waals surface area contributed by atoms with Crippen LogP contribution in [0.2, 0.25) is 5.02 Å². The summed E-state index contributed by atoms with van der Waals surface area (Å²) in [4.78, 5) is 0. The molecule has 0 aliphatic carbocycles. The summed E-state index contributed by atoms with van der Waals surface area (Å²) in [5.74, 6) is -3.73. The fraction of sp³-hybridized carbons (Fsp3) is 0.538. The molecule has 1 N–H and O–H groups in total. The van der Waals surface area contributed by atoms with Crippen LogP contribution in [-0.2, 0) is 0 Å². The van der Waals surface area contributed by atoms with E-state index in [1.54, 1.807) is 0 Å². The number of fused-ring (bicyclic) bond motifs is 1. The van der Waals surface area contributed by atoms with Crippen molar-refractivity contribution in [2.24, 2.45) is 0 Å². The van der Waals surface area contributed by atoms with E-state index in [2.05, 4.69) is 5.32 Å². The number of benzene rings is 1. The zero-order chi connectivity index (χ0) is 15.6. The minimum Gasteiger partial charge on any atom is -0.490 e. The van der Waals surface area contributed by atoms with Crippen molar-refractivity contribution in [1.29, 1.82) is 0 Å². The van der Waals surface area contributed by atoms with Crippen LogP contribution in [0.25, 0.3) is 0 Å². The molecule has 0 radical (unpaired) electrons. The molecule has 2 rings (SSSR count). The molecule has 1 aliphatic heterocycles. The van der Waals surface area contributed by atoms with E-state index in [0.717, 1.165) is 0 Å². The second kappa shape index (κ2) is 6.27. The normalized spacial score (nSPS) is 16.7. The van der Waals surface area contributed by atoms with Gasteiger partial charge in [0.2, 0.25) is 0 Å². The fourth-order valence-corrected chi connectivity index (χ4v) is 2.36. The van der Waals surface area contributed by atoms with Crippen LogP contribution in [0.3, 0.4) is 0 Å². The van der Waals surface area contributed by atoms with Crippen molar-refractivity contribution in [1.82, 2.24) is 5.32 Å². The first kappa shape index (κ1) is 16.2. The average Bonchev–Trinajstić information content (AvgIpc) is 2.64. The number of halogens is 5. The predicted molar refractivity (Wildman–Crippen MR) is 69.8 cm³/mol. The third kappa shape index (κ3) is 3.18. The zero-order valence-corrected chi connectivity index (χ0v) is 11.9. The van der Waals surface area contributed by atoms with Crippen molar-refractivity contribution in [3.05, 3.63) is 22.7 Å². The highest BCUT2D eigenvalue weighted by molar-refractivity contribution is 6.31. The van der Waals surface area contributed by atoms with Crippen LogP contribution < -0.4 is 14.8 Å². The molecule has 1 atom stereocenters. The maximum atomic E-state index is 13.6. The minimum atomic E-state index is -4.27. The molecule has 1 aromatic rings. The molecular weight excluding hydrogens is 314 g/mol. The lowest BCUT2D eigenvalue weighted by molar-refractivity contribution is -0.150. The molecule has 3 nitrogen and oxygen atoms in total. The molecular formula is C13H14ClF4NO2. The molecule has 0 saturated heterocycles. The highest BCUT2D eigenvalue weighted by atomic mass is 35.5. The van der Waals surface area contributed by atoms with E-state index >= 15 is 0 Å². The summed E-state index contributed by atoms with van der Waals surface area (Å²) in [6, 6.07) is 0.603. The smallest absolute Gasteiger partial charge is 0.326 e. The molecule has 0 aromatic heterocycles. The van der Waals surface area contributed by atoms with Gasteiger partial charge in [-0.1, -0.05) is 11.6 Å². The van der Waals surface area contributed by atoms with Gasteiger partial charge in [0.05, 0.1) is 13.2 Å². The summed E-state index contributed by atoms with van der Waals surface area (Å²) in [6.07, 6.45) is -3.19. The Morgan fingerprint density at radius 2 is 1.76 bits per heavy atom. The van der Waals surface area contributed by atoms with Gasteiger partial charge in [-0.2, -0.15) is 8.78 Å². The number of hydrogen-bond donors (Lipinski definition) is 1. The maximum absolute atomic E-state index is 13.6. The third-order valence-corrected chi connectivity index (χ3v) is 3.47. The lowest BCUT2D eigenvalue weighted by atomic mass is 10.00. The van der Waals surface area contributed by atoms with Gasteiger partial charge in [-0.15, -0.1) is 0 Å². The van der Waals surface area contributed by atoms with Crippen molar-refractivity contribution in [3.8, 4) is 11.5 Å². The zero-order valence-electron chi connectivity index (χ0n) is 11.1. The highest BCUT2D eigenvalue weighted by Crippen LogP contribution is 2.43. The Hall–Kier alpha value is -1.21. The Morgan fingerprint density at radius 1 is 1.19 bits per heavy atom. The van der Waals surface area contributed by atoms with E-state index in [0.29, 0.717) is 25.4 Å². The lowest BCUT2D eigenvalue weighted by Crippen LogP contribution is -2.41. The van der Waals surface area contributed by atoms with Gasteiger partial charge in [-0.05, 0) is 18.7 Å². The van der Waals surface area contributed by atoms with Gasteiger partial charge in [0.15, 0.2) is 11.5 Å². The van der Waals surface area contributed by atoms with Crippen LogP contribution in [0.5, 0.6) is 11.5 Å². The van der Waals surface area contributed by atoms with Crippen LogP contribution in [0.1, 0.15) is 18.0 Å². The first-order chi connectivity index (χ1) is 9.87. The SMILES string of the molecule is CNC(c1cc2c(cc1Cl)OCCCO2)C(F)(F)C(F)F. The Balaban J connectivity index is 2.45. The van der Waals surface area contributed by atoms with E-state index in [1.807, 2.05) is 0 Å². The molecule has 1 heterocycles. The molecule has 8 heteroatoms. The molecule has 0 fully saturated rings. The van der Waals surface area contributed by atoms with Gasteiger partial charge in [-0.3, -0.25) is 0 Å². The van der Waals surface area contributed by atoms with Crippen LogP contribution >= 0.6 is 11.6 Å². The monoisotopic (exact) mass is 327 g/mol. The Kier molecular flexibility index (Phi) is 4.83. The van der Waals surface area contributed by atoms with Crippen molar-refractivity contribution >= 4 is 11.6 Å². The Labute approximate surface area is 124 Å². The number of hydrogen-bond acceptors (Lipinski definition) is 3. The van der Waals surface area contributed by atoms with Gasteiger partial charge >= 0.3 is 12.3 Å². The molecule has 1 aromatic carbocycles. The summed E-state index contributed by atoms with van der Waals surface area (Å²) < 4.78 is 63.2. The number of rotatable bonds is 4. The molecule has 1 unspecified atom stereocenters. The fourth-order valence-electron chi connectivity index (χ4n) is 2.10. The molecule has 21 heavy (non-hydrogen) atoms. The Morgan fingerprint density at radius 3 is 2.29 bits per heavy atom. The Bertz CT molecular complexity index is 513. The standard InChI is InChI=1S/C13H14ClF4NO2/c1-19-11(13(17,18)12(15)16)7-5-9-10(6-8(7)14)21-4-2-3-20-9/h5-6,11-12,19H,2-4H2,1H3. The average molecular weight is 328 g/mol. The molecule has 0 amide bonds. The van der Waals surface area contributed by atoms with Crippen molar-refractivity contribution in [2.75, 3.05) is 20.3 Å². The summed E-state index contributed by atoms with van der Waals surface area (Å²) >= 11 is 5.94. The topological polar surface area (TPSA) is 30.5 Å². The molecule has 0 saturated carbocycles. The summed E-state index contributed by atoms with van der Waals surface area (Å²) in [6.45, 7) is 0.759. The highest BCUT2D eigenvalue weighted by Gasteiger charge is 2.49. The minimum absolute atomic E-state index is 0.0843. The second-order valence-corrected chi connectivity index (χ2v) is 4.98. The van der Waals surface area contributed by atoms with E-state index in [9.17, 15) is 17.6 Å². The van der Waals surface area contributed by atoms with Crippen molar-refractivity contribution in [3.63, 3.8) is 0 Å². The van der Waals surface area contributed by atoms with Crippen molar-refractivity contribution in [2.45, 2.75) is 24.8 Å². The van der Waals surface area contributed by atoms with Crippen LogP contribution in [-0.4, -0.2) is 32.6 Å². The van der Waals surface area contributed by atoms with Gasteiger partial charge in [0.1, 0.15) is 6.04 Å². The van der Waals surface area contributed by atoms with Gasteiger partial charge in [0, 0.05) is 17.5 Å². The van der Waals surface area contributed by atoms with Gasteiger partial charge in [0.25, 0.3) is 0 Å². The van der Waals surface area contributed by atoms with Crippen LogP contribution in [0.15, 0.2) is 12.1 Å². The predicted octanol–water partition coefficient (Wildman–Crippen LogP) is 3.66. The first-order valence-corrected chi connectivity index (χ1v) is 6.68. The maximum Gasteiger partial charge on any atom is 0.326 e. The molecule has 1 aliphatic rings. The van der Waals surface area contributed by atoms with E-state index in [1.165, 1.54) is 19.2 Å². The van der Waals surface area contributed by atoms with Gasteiger partial charge < -0.3 is 14.8 Å². The first-order valence-electron chi connectivity index (χ1n) is 6.30. The second-order valence-electron chi connectivity index (χ2n) is 4.57. The summed E-state index contributed by atoms with van der Waals surface area (Å²) in [7, 11) is 1.17. The van der Waals surface area contributed by atoms with Crippen LogP contribution in [0, 0.1) is 0 Å². The number of nitrogens with one attached hydrogen (secondary N) is 1. The molecule has 118 valence electrons. The summed E-state index contributed by atoms with van der Waals surface area (Å²) in [5.41, 5.74) is -0.159. The number of alkyl halides is 4. The van der Waals surface area contributed by atoms with E-state index < -0.39 is 18.4 Å². The lowest BCUT2D eigenvalue weighted by Gasteiger charge is -2.27. The third-order valence-electron chi connectivity index (χ3n) is 3.14. The van der Waals surface area contributed by atoms with Gasteiger partial charge in [-0.25, -0.2) is 8.78 Å². The van der Waals surface area contributed by atoms with Crippen LogP contribution in [0.4, 0.5) is 17.6 Å². The van der Waals surface area contributed by atoms with Crippen molar-refractivity contribution < 1.29 is 27.0 Å². The largest absolute Gasteiger partial charge is 0.490 e. The summed E-state index contributed by atoms with van der Waals surface area (Å²) in [5, 5.41) is 2.11. The quantitative estimate of drug-likeness (QED) is 0.856. The van der Waals surface area contributed by atoms with E-state index in [-0.39, 0.29) is 16.3 Å². The number of ether oxygens (including phenoxy) is 2. The molecule has 0 bridgehead atoms. The molecule has 0 spiro atoms.